The van der Waals surface area contributed by atoms with Crippen molar-refractivity contribution in [1.82, 2.24) is 0 Å². The third kappa shape index (κ3) is 15.3. The van der Waals surface area contributed by atoms with Gasteiger partial charge in [0.15, 0.2) is 42.6 Å². The largest absolute Gasteiger partial charge is 0.508 e. The van der Waals surface area contributed by atoms with Crippen molar-refractivity contribution >= 4 is 42.0 Å². The molecule has 3 aromatic carbocycles. The molecule has 448 valence electrons. The molecule has 3 aromatic rings. The molecular weight excluding hydrogens is 1100 g/mol. The van der Waals surface area contributed by atoms with Gasteiger partial charge in [-0.3, -0.25) is 9.59 Å². The minimum Gasteiger partial charge on any atom is -0.508 e. The third-order valence-electron chi connectivity index (χ3n) is 13.2. The summed E-state index contributed by atoms with van der Waals surface area (Å²) in [6, 6.07) is 16.0. The third-order valence-corrected chi connectivity index (χ3v) is 13.2. The monoisotopic (exact) mass is 1160 g/mol. The molecule has 0 unspecified atom stereocenters. The Kier molecular flexibility index (Phi) is 21.5. The zero-order chi connectivity index (χ0) is 59.6. The molecule has 0 aliphatic carbocycles. The zero-order valence-corrected chi connectivity index (χ0v) is 43.5. The van der Waals surface area contributed by atoms with Crippen LogP contribution < -0.4 is 0 Å². The summed E-state index contributed by atoms with van der Waals surface area (Å²) in [7, 11) is 0. The number of aliphatic hydroxyl groups is 9. The van der Waals surface area contributed by atoms with Crippen LogP contribution in [0.4, 0.5) is 0 Å². The molecule has 0 amide bonds. The van der Waals surface area contributed by atoms with Gasteiger partial charge in [0.25, 0.3) is 0 Å². The number of phenols is 3. The van der Waals surface area contributed by atoms with Crippen molar-refractivity contribution in [3.8, 4) is 17.2 Å². The van der Waals surface area contributed by atoms with E-state index in [2.05, 4.69) is 0 Å². The number of carbonyl (C=O) groups is 5. The van der Waals surface area contributed by atoms with Crippen molar-refractivity contribution in [2.75, 3.05) is 33.0 Å². The molecule has 82 heavy (non-hydrogen) atoms. The fourth-order valence-electron chi connectivity index (χ4n) is 8.91. The van der Waals surface area contributed by atoms with Crippen LogP contribution in [0.3, 0.4) is 0 Å². The van der Waals surface area contributed by atoms with Crippen molar-refractivity contribution in [2.24, 2.45) is 0 Å². The molecule has 4 saturated heterocycles. The summed E-state index contributed by atoms with van der Waals surface area (Å²) in [6.07, 6.45) is -34.0. The van der Waals surface area contributed by atoms with Crippen LogP contribution in [0, 0.1) is 0 Å². The maximum Gasteiger partial charge on any atom is 0.338 e. The molecule has 0 aromatic heterocycles. The van der Waals surface area contributed by atoms with Gasteiger partial charge in [-0.15, -0.1) is 0 Å². The second-order valence-corrected chi connectivity index (χ2v) is 19.0. The SMILES string of the molecule is CC(=O)OC[C@H]1O[C@@H](O[C@@H]2[C@@H](O[C@@H]3O[C@H](CO)[C@@H](O)[C@H](O)[C@H]3O)[C@@H](O[C@]3(COC(=O)/C=C/c4ccc(O)c(O)c4)O[C@H](CO)[C@@H](O)[C@@H]3OC(=O)c3ccccc3)O[C@H](COC(C)=O)[C@H]2OC(=O)/C=C/c2ccc(O)cc2)[C@H](O)[C@@H](O)[C@@H]1O. The van der Waals surface area contributed by atoms with E-state index in [1.54, 1.807) is 6.07 Å². The highest BCUT2D eigenvalue weighted by Crippen LogP contribution is 2.42. The number of phenolic OH excluding ortho intramolecular Hbond substituents is 3. The van der Waals surface area contributed by atoms with Crippen LogP contribution >= 0.6 is 0 Å². The zero-order valence-electron chi connectivity index (χ0n) is 43.5. The van der Waals surface area contributed by atoms with Crippen molar-refractivity contribution in [2.45, 2.75) is 130 Å². The van der Waals surface area contributed by atoms with Crippen LogP contribution in [-0.2, 0) is 76.0 Å². The standard InChI is InChI=1S/C53H62O29/c1-24(56)71-21-34-39(64)42(67)44(69)51(75-34)78-46-45(77-37(62)17-11-26-8-13-29(58)14-9-26)35(22-72-25(2)57)76-52(47(46)79-50-43(68)41(66)38(63)32(19-54)74-50)82-53(23-73-36(61)16-12-27-10-15-30(59)31(60)18-27)48(40(65)33(20-55)81-53)80-49(70)28-6-4-3-5-7-28/h3-18,32-35,38-48,50-52,54-55,58-60,63-69H,19-23H2,1-2H3/b16-12+,17-11+/t32-,33-,34-,35-,38-,39-,40-,41+,42+,43-,44-,45-,46+,47-,48+,50+,51+,52-,53+/m1/s1. The van der Waals surface area contributed by atoms with E-state index in [1.807, 2.05) is 0 Å². The number of aliphatic hydroxyl groups excluding tert-OH is 9. The lowest BCUT2D eigenvalue weighted by atomic mass is 9.95. The van der Waals surface area contributed by atoms with E-state index in [-0.39, 0.29) is 16.9 Å². The first-order valence-electron chi connectivity index (χ1n) is 25.2. The molecule has 0 bridgehead atoms. The maximum absolute atomic E-state index is 14.0. The second kappa shape index (κ2) is 28.0. The molecule has 0 radical (unpaired) electrons. The average Bonchev–Trinajstić information content (AvgIpc) is 3.19. The molecule has 0 saturated carbocycles. The molecule has 19 atom stereocenters. The number of carbonyl (C=O) groups excluding carboxylic acids is 5. The normalized spacial score (nSPS) is 33.8. The van der Waals surface area contributed by atoms with Crippen LogP contribution in [0.25, 0.3) is 12.2 Å². The fraction of sp³-hybridized carbons (Fsp3) is 0.491. The maximum atomic E-state index is 14.0. The molecule has 29 nitrogen and oxygen atoms in total. The number of ether oxygens (including phenoxy) is 12. The van der Waals surface area contributed by atoms with Gasteiger partial charge in [0.2, 0.25) is 5.79 Å². The molecule has 4 fully saturated rings. The fourth-order valence-corrected chi connectivity index (χ4v) is 8.91. The Hall–Kier alpha value is -6.75. The quantitative estimate of drug-likeness (QED) is 0.0218. The van der Waals surface area contributed by atoms with Gasteiger partial charge in [-0.2, -0.15) is 0 Å². The van der Waals surface area contributed by atoms with E-state index in [1.165, 1.54) is 60.7 Å². The summed E-state index contributed by atoms with van der Waals surface area (Å²) in [5.41, 5.74) is 0.368. The summed E-state index contributed by atoms with van der Waals surface area (Å²) >= 11 is 0. The van der Waals surface area contributed by atoms with Gasteiger partial charge >= 0.3 is 29.8 Å². The van der Waals surface area contributed by atoms with E-state index >= 15 is 0 Å². The Morgan fingerprint density at radius 1 is 0.537 bits per heavy atom. The van der Waals surface area contributed by atoms with Crippen LogP contribution in [-0.4, -0.2) is 240 Å². The molecule has 0 spiro atoms. The highest BCUT2D eigenvalue weighted by molar-refractivity contribution is 5.90. The van der Waals surface area contributed by atoms with Gasteiger partial charge in [-0.25, -0.2) is 14.4 Å². The van der Waals surface area contributed by atoms with Gasteiger partial charge in [-0.1, -0.05) is 36.4 Å². The Morgan fingerprint density at radius 2 is 1.09 bits per heavy atom. The number of benzene rings is 3. The van der Waals surface area contributed by atoms with Gasteiger partial charge < -0.3 is 118 Å². The van der Waals surface area contributed by atoms with Crippen LogP contribution in [0.5, 0.6) is 17.2 Å². The second-order valence-electron chi connectivity index (χ2n) is 19.0. The Balaban J connectivity index is 1.39. The van der Waals surface area contributed by atoms with Gasteiger partial charge in [-0.05, 0) is 59.7 Å². The van der Waals surface area contributed by atoms with Crippen molar-refractivity contribution in [3.63, 3.8) is 0 Å². The van der Waals surface area contributed by atoms with Gasteiger partial charge in [0, 0.05) is 26.0 Å². The summed E-state index contributed by atoms with van der Waals surface area (Å²) in [5.74, 6) is -9.64. The number of aromatic hydroxyl groups is 3. The summed E-state index contributed by atoms with van der Waals surface area (Å²) in [6.45, 7) is -3.12. The molecule has 12 N–H and O–H groups in total. The van der Waals surface area contributed by atoms with E-state index in [0.717, 1.165) is 44.2 Å². The highest BCUT2D eigenvalue weighted by Gasteiger charge is 2.64. The highest BCUT2D eigenvalue weighted by atomic mass is 16.8. The lowest BCUT2D eigenvalue weighted by Crippen LogP contribution is -2.69. The first kappa shape index (κ1) is 62.8. The predicted octanol–water partition coefficient (Wildman–Crippen LogP) is -3.10. The van der Waals surface area contributed by atoms with E-state index < -0.39 is 191 Å². The van der Waals surface area contributed by atoms with E-state index in [0.29, 0.717) is 5.56 Å². The average molecular weight is 1160 g/mol. The van der Waals surface area contributed by atoms with Crippen LogP contribution in [0.15, 0.2) is 84.9 Å². The summed E-state index contributed by atoms with van der Waals surface area (Å²) in [4.78, 5) is 66.1. The van der Waals surface area contributed by atoms with E-state index in [9.17, 15) is 85.3 Å². The number of esters is 5. The molecular formula is C53H62O29. The number of hydrogen-bond donors (Lipinski definition) is 12. The first-order valence-corrected chi connectivity index (χ1v) is 25.2. The van der Waals surface area contributed by atoms with Crippen molar-refractivity contribution in [1.29, 1.82) is 0 Å². The van der Waals surface area contributed by atoms with Crippen molar-refractivity contribution in [3.05, 3.63) is 102 Å². The minimum atomic E-state index is -2.96. The molecule has 4 aliphatic heterocycles. The minimum absolute atomic E-state index is 0.121. The van der Waals surface area contributed by atoms with E-state index in [4.69, 9.17) is 56.8 Å². The molecule has 29 heteroatoms. The smallest absolute Gasteiger partial charge is 0.338 e. The number of hydrogen-bond acceptors (Lipinski definition) is 29. The first-order chi connectivity index (χ1) is 39.0. The summed E-state index contributed by atoms with van der Waals surface area (Å²) in [5, 5.41) is 129. The molecule has 7 rings (SSSR count). The Bertz CT molecular complexity index is 2700. The Morgan fingerprint density at radius 3 is 1.70 bits per heavy atom. The van der Waals surface area contributed by atoms with Crippen LogP contribution in [0.2, 0.25) is 0 Å². The van der Waals surface area contributed by atoms with Crippen LogP contribution in [0.1, 0.15) is 35.3 Å². The molecule has 4 heterocycles. The summed E-state index contributed by atoms with van der Waals surface area (Å²) < 4.78 is 71.1. The predicted molar refractivity (Wildman–Crippen MR) is 266 cm³/mol. The van der Waals surface area contributed by atoms with Crippen molar-refractivity contribution < 1.29 is 142 Å². The Labute approximate surface area is 465 Å². The lowest BCUT2D eigenvalue weighted by molar-refractivity contribution is -0.421. The van der Waals surface area contributed by atoms with Gasteiger partial charge in [0.1, 0.15) is 105 Å². The van der Waals surface area contributed by atoms with Gasteiger partial charge in [0.05, 0.1) is 18.8 Å². The molecule has 4 aliphatic rings. The topological polar surface area (TPSA) is 439 Å². The lowest BCUT2D eigenvalue weighted by Gasteiger charge is -2.50. The number of rotatable bonds is 21.